The lowest BCUT2D eigenvalue weighted by Crippen LogP contribution is -2.06. The van der Waals surface area contributed by atoms with E-state index in [1.807, 2.05) is 0 Å². The molecule has 0 radical (unpaired) electrons. The van der Waals surface area contributed by atoms with Gasteiger partial charge < -0.3 is 4.74 Å². The summed E-state index contributed by atoms with van der Waals surface area (Å²) in [5.41, 5.74) is 0. The van der Waals surface area contributed by atoms with Crippen LogP contribution in [0.1, 0.15) is 51.4 Å². The zero-order chi connectivity index (χ0) is 15.6. The summed E-state index contributed by atoms with van der Waals surface area (Å²) in [5, 5.41) is 0. The fourth-order valence-corrected chi connectivity index (χ4v) is 2.03. The summed E-state index contributed by atoms with van der Waals surface area (Å²) in [5.74, 6) is 0.372. The Kier molecular flexibility index (Phi) is 8.16. The Balaban J connectivity index is 1.88. The van der Waals surface area contributed by atoms with Crippen LogP contribution in [0.15, 0.2) is 24.3 Å². The molecule has 0 unspecified atom stereocenters. The van der Waals surface area contributed by atoms with Crippen molar-refractivity contribution in [3.8, 4) is 5.75 Å². The molecule has 21 heavy (non-hydrogen) atoms. The lowest BCUT2D eigenvalue weighted by atomic mass is 10.1. The molecule has 1 aromatic rings. The van der Waals surface area contributed by atoms with E-state index in [1.165, 1.54) is 12.1 Å². The van der Waals surface area contributed by atoms with Crippen LogP contribution in [-0.4, -0.2) is 12.8 Å². The van der Waals surface area contributed by atoms with Crippen molar-refractivity contribution in [2.45, 2.75) is 57.5 Å². The molecule has 1 rings (SSSR count). The molecule has 0 amide bonds. The standard InChI is InChI=1S/C16H22F4O/c17-14-8-10-15(11-9-14)21-13-7-5-3-1-2-4-6-12-16(18,19)20/h8-11H,1-7,12-13H2. The van der Waals surface area contributed by atoms with E-state index in [9.17, 15) is 17.6 Å². The van der Waals surface area contributed by atoms with E-state index in [2.05, 4.69) is 0 Å². The topological polar surface area (TPSA) is 9.23 Å². The first kappa shape index (κ1) is 17.8. The lowest BCUT2D eigenvalue weighted by molar-refractivity contribution is -0.135. The monoisotopic (exact) mass is 306 g/mol. The van der Waals surface area contributed by atoms with E-state index >= 15 is 0 Å². The second-order valence-corrected chi connectivity index (χ2v) is 5.14. The van der Waals surface area contributed by atoms with Gasteiger partial charge in [0.25, 0.3) is 0 Å². The highest BCUT2D eigenvalue weighted by atomic mass is 19.4. The molecule has 0 saturated heterocycles. The third-order valence-corrected chi connectivity index (χ3v) is 3.19. The number of hydrogen-bond donors (Lipinski definition) is 0. The quantitative estimate of drug-likeness (QED) is 0.387. The molecule has 5 heteroatoms. The van der Waals surface area contributed by atoms with Crippen LogP contribution in [0.25, 0.3) is 0 Å². The van der Waals surface area contributed by atoms with Crippen LogP contribution in [0.5, 0.6) is 5.75 Å². The molecule has 0 fully saturated rings. The minimum Gasteiger partial charge on any atom is -0.494 e. The van der Waals surface area contributed by atoms with Crippen LogP contribution in [0, 0.1) is 5.82 Å². The molecule has 0 heterocycles. The van der Waals surface area contributed by atoms with E-state index in [-0.39, 0.29) is 12.2 Å². The first-order chi connectivity index (χ1) is 9.97. The molecule has 0 atom stereocenters. The smallest absolute Gasteiger partial charge is 0.389 e. The van der Waals surface area contributed by atoms with Crippen molar-refractivity contribution in [1.82, 2.24) is 0 Å². The molecule has 0 bridgehead atoms. The third-order valence-electron chi connectivity index (χ3n) is 3.19. The zero-order valence-electron chi connectivity index (χ0n) is 12.1. The molecule has 0 saturated carbocycles. The van der Waals surface area contributed by atoms with Crippen molar-refractivity contribution in [2.75, 3.05) is 6.61 Å². The predicted molar refractivity (Wildman–Crippen MR) is 74.9 cm³/mol. The van der Waals surface area contributed by atoms with Crippen LogP contribution in [0.4, 0.5) is 17.6 Å². The molecule has 0 aliphatic heterocycles. The van der Waals surface area contributed by atoms with Gasteiger partial charge in [0.1, 0.15) is 11.6 Å². The van der Waals surface area contributed by atoms with Gasteiger partial charge in [-0.25, -0.2) is 4.39 Å². The van der Waals surface area contributed by atoms with Gasteiger partial charge in [-0.2, -0.15) is 13.2 Å². The Morgan fingerprint density at radius 1 is 0.762 bits per heavy atom. The summed E-state index contributed by atoms with van der Waals surface area (Å²) in [6, 6.07) is 5.90. The van der Waals surface area contributed by atoms with Crippen molar-refractivity contribution in [2.24, 2.45) is 0 Å². The summed E-state index contributed by atoms with van der Waals surface area (Å²) in [6.45, 7) is 0.583. The van der Waals surface area contributed by atoms with Crippen LogP contribution >= 0.6 is 0 Å². The molecule has 0 N–H and O–H groups in total. The van der Waals surface area contributed by atoms with Gasteiger partial charge in [-0.15, -0.1) is 0 Å². The summed E-state index contributed by atoms with van der Waals surface area (Å²) in [4.78, 5) is 0. The van der Waals surface area contributed by atoms with Gasteiger partial charge in [0.05, 0.1) is 6.61 Å². The number of halogens is 4. The van der Waals surface area contributed by atoms with Crippen molar-refractivity contribution < 1.29 is 22.3 Å². The minimum atomic E-state index is -4.02. The SMILES string of the molecule is Fc1ccc(OCCCCCCCCCC(F)(F)F)cc1. The Morgan fingerprint density at radius 3 is 1.86 bits per heavy atom. The number of benzene rings is 1. The molecular formula is C16H22F4O. The van der Waals surface area contributed by atoms with Gasteiger partial charge in [0.2, 0.25) is 0 Å². The van der Waals surface area contributed by atoms with Gasteiger partial charge in [-0.05, 0) is 37.1 Å². The fraction of sp³-hybridized carbons (Fsp3) is 0.625. The Morgan fingerprint density at radius 2 is 1.29 bits per heavy atom. The van der Waals surface area contributed by atoms with Crippen LogP contribution < -0.4 is 4.74 Å². The highest BCUT2D eigenvalue weighted by Gasteiger charge is 2.25. The predicted octanol–water partition coefficient (Wildman–Crippen LogP) is 5.89. The van der Waals surface area contributed by atoms with E-state index in [0.717, 1.165) is 32.1 Å². The maximum absolute atomic E-state index is 12.7. The molecule has 0 aliphatic rings. The average molecular weight is 306 g/mol. The average Bonchev–Trinajstić information content (AvgIpc) is 2.42. The largest absolute Gasteiger partial charge is 0.494 e. The molecule has 1 aromatic carbocycles. The van der Waals surface area contributed by atoms with Crippen LogP contribution in [-0.2, 0) is 0 Å². The molecule has 120 valence electrons. The number of hydrogen-bond acceptors (Lipinski definition) is 1. The summed E-state index contributed by atoms with van der Waals surface area (Å²) >= 11 is 0. The number of unbranched alkanes of at least 4 members (excludes halogenated alkanes) is 6. The number of alkyl halides is 3. The molecular weight excluding hydrogens is 284 g/mol. The Hall–Kier alpha value is -1.26. The van der Waals surface area contributed by atoms with Crippen LogP contribution in [0.3, 0.4) is 0 Å². The van der Waals surface area contributed by atoms with Crippen molar-refractivity contribution >= 4 is 0 Å². The van der Waals surface area contributed by atoms with E-state index in [1.54, 1.807) is 12.1 Å². The molecule has 1 nitrogen and oxygen atoms in total. The molecule has 0 spiro atoms. The van der Waals surface area contributed by atoms with Crippen molar-refractivity contribution in [1.29, 1.82) is 0 Å². The third kappa shape index (κ3) is 10.2. The normalized spacial score (nSPS) is 11.6. The van der Waals surface area contributed by atoms with E-state index in [0.29, 0.717) is 18.8 Å². The first-order valence-corrected chi connectivity index (χ1v) is 7.42. The van der Waals surface area contributed by atoms with E-state index < -0.39 is 12.6 Å². The molecule has 0 aromatic heterocycles. The number of ether oxygens (including phenoxy) is 1. The van der Waals surface area contributed by atoms with Gasteiger partial charge in [0.15, 0.2) is 0 Å². The van der Waals surface area contributed by atoms with Gasteiger partial charge >= 0.3 is 6.18 Å². The van der Waals surface area contributed by atoms with Crippen molar-refractivity contribution in [3.63, 3.8) is 0 Å². The summed E-state index contributed by atoms with van der Waals surface area (Å²) < 4.78 is 53.8. The second-order valence-electron chi connectivity index (χ2n) is 5.14. The Labute approximate surface area is 123 Å². The highest BCUT2D eigenvalue weighted by molar-refractivity contribution is 5.21. The summed E-state index contributed by atoms with van der Waals surface area (Å²) in [7, 11) is 0. The molecule has 0 aliphatic carbocycles. The van der Waals surface area contributed by atoms with Gasteiger partial charge in [-0.1, -0.05) is 32.1 Å². The Bertz CT molecular complexity index is 373. The lowest BCUT2D eigenvalue weighted by Gasteiger charge is -2.07. The fourth-order valence-electron chi connectivity index (χ4n) is 2.03. The maximum atomic E-state index is 12.7. The van der Waals surface area contributed by atoms with Crippen molar-refractivity contribution in [3.05, 3.63) is 30.1 Å². The maximum Gasteiger partial charge on any atom is 0.389 e. The number of rotatable bonds is 10. The van der Waals surface area contributed by atoms with E-state index in [4.69, 9.17) is 4.74 Å². The summed E-state index contributed by atoms with van der Waals surface area (Å²) in [6.07, 6.45) is 0.932. The first-order valence-electron chi connectivity index (χ1n) is 7.42. The minimum absolute atomic E-state index is 0.233. The van der Waals surface area contributed by atoms with Crippen LogP contribution in [0.2, 0.25) is 0 Å². The second kappa shape index (κ2) is 9.64. The highest BCUT2D eigenvalue weighted by Crippen LogP contribution is 2.23. The zero-order valence-corrected chi connectivity index (χ0v) is 12.1. The van der Waals surface area contributed by atoms with Gasteiger partial charge in [-0.3, -0.25) is 0 Å². The van der Waals surface area contributed by atoms with Gasteiger partial charge in [0, 0.05) is 6.42 Å².